The van der Waals surface area contributed by atoms with E-state index in [2.05, 4.69) is 4.90 Å². The van der Waals surface area contributed by atoms with E-state index in [0.29, 0.717) is 12.1 Å². The average Bonchev–Trinajstić information content (AvgIpc) is 2.31. The fourth-order valence-corrected chi connectivity index (χ4v) is 1.87. The van der Waals surface area contributed by atoms with E-state index in [-0.39, 0.29) is 11.5 Å². The van der Waals surface area contributed by atoms with Crippen LogP contribution in [0.4, 0.5) is 0 Å². The summed E-state index contributed by atoms with van der Waals surface area (Å²) in [7, 11) is 0. The largest absolute Gasteiger partial charge is 0.508 e. The Morgan fingerprint density at radius 2 is 1.94 bits per heavy atom. The first-order valence-electron chi connectivity index (χ1n) is 5.49. The summed E-state index contributed by atoms with van der Waals surface area (Å²) in [5.74, 6) is 0.342. The van der Waals surface area contributed by atoms with Gasteiger partial charge in [0.05, 0.1) is 13.2 Å². The third kappa shape index (κ3) is 2.28. The van der Waals surface area contributed by atoms with E-state index in [1.165, 1.54) is 0 Å². The molecule has 2 rings (SSSR count). The summed E-state index contributed by atoms with van der Waals surface area (Å²) >= 11 is 0. The minimum atomic E-state index is 0.142. The first kappa shape index (κ1) is 11.2. The highest BCUT2D eigenvalue weighted by Gasteiger charge is 2.14. The summed E-state index contributed by atoms with van der Waals surface area (Å²) in [6, 6.07) is 3.40. The van der Waals surface area contributed by atoms with Gasteiger partial charge in [-0.3, -0.25) is 4.90 Å². The number of ether oxygens (including phenoxy) is 1. The molecular formula is C12H17NO3. The number of hydrogen-bond donors (Lipinski definition) is 2. The molecule has 0 unspecified atom stereocenters. The smallest absolute Gasteiger partial charge is 0.126 e. The zero-order valence-electron chi connectivity index (χ0n) is 9.44. The summed E-state index contributed by atoms with van der Waals surface area (Å²) in [6.07, 6.45) is 0. The van der Waals surface area contributed by atoms with Crippen LogP contribution in [0.15, 0.2) is 12.1 Å². The van der Waals surface area contributed by atoms with Crippen molar-refractivity contribution in [3.05, 3.63) is 23.3 Å². The van der Waals surface area contributed by atoms with Crippen LogP contribution in [0.2, 0.25) is 0 Å². The number of rotatable bonds is 2. The first-order chi connectivity index (χ1) is 7.68. The summed E-state index contributed by atoms with van der Waals surface area (Å²) in [5, 5.41) is 19.3. The second-order valence-corrected chi connectivity index (χ2v) is 4.11. The number of morpholine rings is 1. The SMILES string of the molecule is Cc1c(O)ccc(CN2CCOCC2)c1O. The van der Waals surface area contributed by atoms with Crippen LogP contribution in [-0.2, 0) is 11.3 Å². The van der Waals surface area contributed by atoms with E-state index >= 15 is 0 Å². The van der Waals surface area contributed by atoms with E-state index in [9.17, 15) is 10.2 Å². The van der Waals surface area contributed by atoms with Crippen LogP contribution in [0.25, 0.3) is 0 Å². The van der Waals surface area contributed by atoms with E-state index < -0.39 is 0 Å². The van der Waals surface area contributed by atoms with Crippen molar-refractivity contribution in [1.29, 1.82) is 0 Å². The van der Waals surface area contributed by atoms with Crippen LogP contribution < -0.4 is 0 Å². The number of benzene rings is 1. The second kappa shape index (κ2) is 4.72. The van der Waals surface area contributed by atoms with Gasteiger partial charge in [0.25, 0.3) is 0 Å². The Bertz CT molecular complexity index is 373. The molecule has 4 heteroatoms. The van der Waals surface area contributed by atoms with E-state index in [4.69, 9.17) is 4.74 Å². The standard InChI is InChI=1S/C12H17NO3/c1-9-11(14)3-2-10(12(9)15)8-13-4-6-16-7-5-13/h2-3,14-15H,4-8H2,1H3. The number of aromatic hydroxyl groups is 2. The highest BCUT2D eigenvalue weighted by atomic mass is 16.5. The highest BCUT2D eigenvalue weighted by molar-refractivity contribution is 5.47. The predicted molar refractivity (Wildman–Crippen MR) is 60.6 cm³/mol. The Hall–Kier alpha value is -1.26. The molecule has 0 spiro atoms. The van der Waals surface area contributed by atoms with Crippen molar-refractivity contribution in [2.75, 3.05) is 26.3 Å². The third-order valence-electron chi connectivity index (χ3n) is 2.98. The van der Waals surface area contributed by atoms with Crippen molar-refractivity contribution in [3.63, 3.8) is 0 Å². The van der Waals surface area contributed by atoms with Crippen LogP contribution >= 0.6 is 0 Å². The van der Waals surface area contributed by atoms with Crippen molar-refractivity contribution >= 4 is 0 Å². The van der Waals surface area contributed by atoms with E-state index in [0.717, 1.165) is 31.9 Å². The monoisotopic (exact) mass is 223 g/mol. The Morgan fingerprint density at radius 1 is 1.25 bits per heavy atom. The van der Waals surface area contributed by atoms with Gasteiger partial charge in [-0.2, -0.15) is 0 Å². The van der Waals surface area contributed by atoms with Gasteiger partial charge in [-0.1, -0.05) is 6.07 Å². The Labute approximate surface area is 95.1 Å². The topological polar surface area (TPSA) is 52.9 Å². The van der Waals surface area contributed by atoms with Crippen molar-refractivity contribution < 1.29 is 14.9 Å². The van der Waals surface area contributed by atoms with Crippen LogP contribution in [0.5, 0.6) is 11.5 Å². The molecule has 0 aliphatic carbocycles. The molecule has 0 atom stereocenters. The molecule has 2 N–H and O–H groups in total. The first-order valence-corrected chi connectivity index (χ1v) is 5.49. The average molecular weight is 223 g/mol. The van der Waals surface area contributed by atoms with Gasteiger partial charge in [0.1, 0.15) is 11.5 Å². The molecule has 0 saturated carbocycles. The number of phenols is 2. The summed E-state index contributed by atoms with van der Waals surface area (Å²) < 4.78 is 5.27. The summed E-state index contributed by atoms with van der Waals surface area (Å²) in [4.78, 5) is 2.23. The molecule has 1 aliphatic heterocycles. The summed E-state index contributed by atoms with van der Waals surface area (Å²) in [5.41, 5.74) is 1.41. The maximum Gasteiger partial charge on any atom is 0.126 e. The van der Waals surface area contributed by atoms with Crippen LogP contribution in [0, 0.1) is 6.92 Å². The maximum absolute atomic E-state index is 9.89. The van der Waals surface area contributed by atoms with E-state index in [1.54, 1.807) is 19.1 Å². The van der Waals surface area contributed by atoms with Gasteiger partial charge >= 0.3 is 0 Å². The lowest BCUT2D eigenvalue weighted by atomic mass is 10.1. The molecule has 1 heterocycles. The summed E-state index contributed by atoms with van der Waals surface area (Å²) in [6.45, 7) is 5.69. The number of hydrogen-bond acceptors (Lipinski definition) is 4. The minimum Gasteiger partial charge on any atom is -0.508 e. The van der Waals surface area contributed by atoms with Crippen LogP contribution in [0.3, 0.4) is 0 Å². The molecule has 4 nitrogen and oxygen atoms in total. The molecule has 0 bridgehead atoms. The van der Waals surface area contributed by atoms with E-state index in [1.807, 2.05) is 0 Å². The molecule has 1 aromatic rings. The molecule has 1 aromatic carbocycles. The van der Waals surface area contributed by atoms with Crippen molar-refractivity contribution in [2.24, 2.45) is 0 Å². The molecule has 1 saturated heterocycles. The molecule has 0 amide bonds. The Morgan fingerprint density at radius 3 is 2.62 bits per heavy atom. The number of nitrogens with zero attached hydrogens (tertiary/aromatic N) is 1. The van der Waals surface area contributed by atoms with Crippen molar-refractivity contribution in [3.8, 4) is 11.5 Å². The number of phenolic OH excluding ortho intramolecular Hbond substituents is 2. The molecule has 16 heavy (non-hydrogen) atoms. The van der Waals surface area contributed by atoms with Gasteiger partial charge in [0, 0.05) is 30.8 Å². The third-order valence-corrected chi connectivity index (χ3v) is 2.98. The Kier molecular flexibility index (Phi) is 3.31. The lowest BCUT2D eigenvalue weighted by molar-refractivity contribution is 0.0338. The zero-order chi connectivity index (χ0) is 11.5. The fraction of sp³-hybridized carbons (Fsp3) is 0.500. The molecule has 0 aromatic heterocycles. The quantitative estimate of drug-likeness (QED) is 0.792. The van der Waals surface area contributed by atoms with Gasteiger partial charge in [-0.05, 0) is 13.0 Å². The van der Waals surface area contributed by atoms with Crippen LogP contribution in [-0.4, -0.2) is 41.4 Å². The Balaban J connectivity index is 2.11. The van der Waals surface area contributed by atoms with Gasteiger partial charge in [-0.15, -0.1) is 0 Å². The zero-order valence-corrected chi connectivity index (χ0v) is 9.44. The molecule has 0 radical (unpaired) electrons. The van der Waals surface area contributed by atoms with Gasteiger partial charge in [0.2, 0.25) is 0 Å². The second-order valence-electron chi connectivity index (χ2n) is 4.11. The van der Waals surface area contributed by atoms with Gasteiger partial charge in [-0.25, -0.2) is 0 Å². The normalized spacial score (nSPS) is 17.6. The fourth-order valence-electron chi connectivity index (χ4n) is 1.87. The molecular weight excluding hydrogens is 206 g/mol. The predicted octanol–water partition coefficient (Wildman–Crippen LogP) is 1.24. The van der Waals surface area contributed by atoms with Crippen LogP contribution in [0.1, 0.15) is 11.1 Å². The van der Waals surface area contributed by atoms with Gasteiger partial charge < -0.3 is 14.9 Å². The molecule has 88 valence electrons. The highest BCUT2D eigenvalue weighted by Crippen LogP contribution is 2.30. The van der Waals surface area contributed by atoms with Gasteiger partial charge in [0.15, 0.2) is 0 Å². The lowest BCUT2D eigenvalue weighted by Gasteiger charge is -2.27. The maximum atomic E-state index is 9.89. The minimum absolute atomic E-state index is 0.142. The van der Waals surface area contributed by atoms with Crippen molar-refractivity contribution in [2.45, 2.75) is 13.5 Å². The van der Waals surface area contributed by atoms with Crippen molar-refractivity contribution in [1.82, 2.24) is 4.90 Å². The molecule has 1 fully saturated rings. The lowest BCUT2D eigenvalue weighted by Crippen LogP contribution is -2.35. The molecule has 1 aliphatic rings.